The molecule has 0 spiro atoms. The summed E-state index contributed by atoms with van der Waals surface area (Å²) in [5.74, 6) is 0.0303. The van der Waals surface area contributed by atoms with Gasteiger partial charge in [0.15, 0.2) is 5.78 Å². The van der Waals surface area contributed by atoms with Crippen molar-refractivity contribution in [3.63, 3.8) is 0 Å². The van der Waals surface area contributed by atoms with E-state index in [9.17, 15) is 9.59 Å². The van der Waals surface area contributed by atoms with Crippen LogP contribution < -0.4 is 0 Å². The van der Waals surface area contributed by atoms with Crippen molar-refractivity contribution in [2.75, 3.05) is 6.54 Å². The smallest absolute Gasteiger partial charge is 0.223 e. The summed E-state index contributed by atoms with van der Waals surface area (Å²) < 4.78 is 0. The lowest BCUT2D eigenvalue weighted by atomic mass is 10.0. The van der Waals surface area contributed by atoms with Gasteiger partial charge in [-0.1, -0.05) is 29.8 Å². The van der Waals surface area contributed by atoms with Crippen molar-refractivity contribution >= 4 is 34.6 Å². The Morgan fingerprint density at radius 3 is 2.89 bits per heavy atom. The lowest BCUT2D eigenvalue weighted by Crippen LogP contribution is -2.36. The molecule has 3 heterocycles. The quantitative estimate of drug-likeness (QED) is 0.649. The first-order valence-electron chi connectivity index (χ1n) is 8.78. The van der Waals surface area contributed by atoms with Crippen LogP contribution in [0.5, 0.6) is 0 Å². The van der Waals surface area contributed by atoms with Crippen LogP contribution in [-0.4, -0.2) is 33.3 Å². The van der Waals surface area contributed by atoms with Gasteiger partial charge >= 0.3 is 0 Å². The Balaban J connectivity index is 1.45. The second-order valence-electron chi connectivity index (χ2n) is 6.51. The van der Waals surface area contributed by atoms with Gasteiger partial charge in [0.2, 0.25) is 5.91 Å². The monoisotopic (exact) mass is 399 g/mol. The number of aromatic amines is 1. The summed E-state index contributed by atoms with van der Waals surface area (Å²) in [4.78, 5) is 27.3. The molecule has 5 nitrogen and oxygen atoms in total. The molecule has 0 atom stereocenters. The summed E-state index contributed by atoms with van der Waals surface area (Å²) in [5, 5.41) is 10.1. The van der Waals surface area contributed by atoms with E-state index in [0.717, 1.165) is 28.9 Å². The molecule has 0 unspecified atom stereocenters. The molecule has 1 aromatic carbocycles. The van der Waals surface area contributed by atoms with Crippen LogP contribution >= 0.6 is 22.9 Å². The molecule has 7 heteroatoms. The third-order valence-electron chi connectivity index (χ3n) is 4.75. The van der Waals surface area contributed by atoms with E-state index in [0.29, 0.717) is 23.0 Å². The molecule has 0 saturated carbocycles. The van der Waals surface area contributed by atoms with E-state index in [-0.39, 0.29) is 24.5 Å². The first kappa shape index (κ1) is 17.9. The molecule has 1 amide bonds. The fraction of sp³-hybridized carbons (Fsp3) is 0.250. The number of amides is 1. The lowest BCUT2D eigenvalue weighted by Gasteiger charge is -2.27. The molecule has 2 aromatic heterocycles. The van der Waals surface area contributed by atoms with E-state index in [4.69, 9.17) is 11.6 Å². The number of Topliss-reactive ketones (excluding diaryl/α,β-unsaturated/α-hetero) is 1. The zero-order valence-electron chi connectivity index (χ0n) is 14.6. The van der Waals surface area contributed by atoms with Crippen molar-refractivity contribution in [1.82, 2.24) is 15.1 Å². The maximum atomic E-state index is 12.6. The Labute approximate surface area is 166 Å². The second kappa shape index (κ2) is 7.66. The molecule has 0 fully saturated rings. The van der Waals surface area contributed by atoms with Crippen LogP contribution in [0.15, 0.2) is 41.8 Å². The van der Waals surface area contributed by atoms with Gasteiger partial charge in [0, 0.05) is 54.2 Å². The minimum absolute atomic E-state index is 0.00352. The van der Waals surface area contributed by atoms with Crippen molar-refractivity contribution in [2.45, 2.75) is 25.8 Å². The number of benzene rings is 1. The molecule has 1 aliphatic rings. The molecular formula is C20H18ClN3O2S. The standard InChI is InChI=1S/C20H18ClN3O2S/c21-14-4-1-3-13(11-14)20-15-12-24(9-8-16(15)22-23-20)19(26)7-6-17(25)18-5-2-10-27-18/h1-5,10-11H,6-9,12H2,(H,22,23). The largest absolute Gasteiger partial charge is 0.338 e. The average molecular weight is 400 g/mol. The highest BCUT2D eigenvalue weighted by Crippen LogP contribution is 2.30. The van der Waals surface area contributed by atoms with Crippen LogP contribution in [-0.2, 0) is 17.8 Å². The molecule has 0 radical (unpaired) electrons. The first-order chi connectivity index (χ1) is 13.1. The Morgan fingerprint density at radius 2 is 2.11 bits per heavy atom. The number of ketones is 1. The highest BCUT2D eigenvalue weighted by molar-refractivity contribution is 7.12. The van der Waals surface area contributed by atoms with Gasteiger partial charge in [0.05, 0.1) is 10.6 Å². The Hall–Kier alpha value is -2.44. The fourth-order valence-electron chi connectivity index (χ4n) is 3.32. The zero-order valence-corrected chi connectivity index (χ0v) is 16.1. The zero-order chi connectivity index (χ0) is 18.8. The Bertz CT molecular complexity index is 981. The van der Waals surface area contributed by atoms with Gasteiger partial charge < -0.3 is 4.90 Å². The van der Waals surface area contributed by atoms with E-state index < -0.39 is 0 Å². The van der Waals surface area contributed by atoms with E-state index in [2.05, 4.69) is 10.2 Å². The van der Waals surface area contributed by atoms with E-state index in [1.807, 2.05) is 40.6 Å². The lowest BCUT2D eigenvalue weighted by molar-refractivity contribution is -0.132. The average Bonchev–Trinajstić information content (AvgIpc) is 3.35. The normalized spacial score (nSPS) is 13.4. The van der Waals surface area contributed by atoms with Crippen molar-refractivity contribution in [2.24, 2.45) is 0 Å². The van der Waals surface area contributed by atoms with E-state index in [1.165, 1.54) is 11.3 Å². The van der Waals surface area contributed by atoms with Crippen LogP contribution in [0, 0.1) is 0 Å². The maximum Gasteiger partial charge on any atom is 0.223 e. The van der Waals surface area contributed by atoms with Gasteiger partial charge in [-0.25, -0.2) is 0 Å². The molecule has 4 rings (SSSR count). The van der Waals surface area contributed by atoms with Gasteiger partial charge in [0.1, 0.15) is 0 Å². The highest BCUT2D eigenvalue weighted by Gasteiger charge is 2.26. The Kier molecular flexibility index (Phi) is 5.09. The van der Waals surface area contributed by atoms with Gasteiger partial charge in [0.25, 0.3) is 0 Å². The number of fused-ring (bicyclic) bond motifs is 1. The second-order valence-corrected chi connectivity index (χ2v) is 7.89. The first-order valence-corrected chi connectivity index (χ1v) is 10.0. The summed E-state index contributed by atoms with van der Waals surface area (Å²) >= 11 is 7.52. The highest BCUT2D eigenvalue weighted by atomic mass is 35.5. The van der Waals surface area contributed by atoms with Crippen LogP contribution in [0.25, 0.3) is 11.3 Å². The number of H-pyrrole nitrogens is 1. The number of nitrogens with one attached hydrogen (secondary N) is 1. The van der Waals surface area contributed by atoms with Crippen molar-refractivity contribution < 1.29 is 9.59 Å². The van der Waals surface area contributed by atoms with Crippen molar-refractivity contribution in [3.8, 4) is 11.3 Å². The predicted octanol–water partition coefficient (Wildman–Crippen LogP) is 4.34. The fourth-order valence-corrected chi connectivity index (χ4v) is 4.21. The topological polar surface area (TPSA) is 66.1 Å². The number of halogens is 1. The molecule has 27 heavy (non-hydrogen) atoms. The van der Waals surface area contributed by atoms with E-state index >= 15 is 0 Å². The van der Waals surface area contributed by atoms with Crippen molar-refractivity contribution in [1.29, 1.82) is 0 Å². The van der Waals surface area contributed by atoms with Gasteiger partial charge in [-0.15, -0.1) is 11.3 Å². The summed E-state index contributed by atoms with van der Waals surface area (Å²) in [6, 6.07) is 11.2. The van der Waals surface area contributed by atoms with Crippen LogP contribution in [0.3, 0.4) is 0 Å². The maximum absolute atomic E-state index is 12.6. The molecule has 0 saturated heterocycles. The molecule has 1 aliphatic heterocycles. The van der Waals surface area contributed by atoms with Gasteiger partial charge in [-0.3, -0.25) is 14.7 Å². The number of hydrogen-bond acceptors (Lipinski definition) is 4. The minimum Gasteiger partial charge on any atom is -0.338 e. The number of hydrogen-bond donors (Lipinski definition) is 1. The van der Waals surface area contributed by atoms with Crippen molar-refractivity contribution in [3.05, 3.63) is 62.9 Å². The van der Waals surface area contributed by atoms with Gasteiger partial charge in [-0.2, -0.15) is 5.10 Å². The number of carbonyl (C=O) groups excluding carboxylic acids is 2. The van der Waals surface area contributed by atoms with Crippen LogP contribution in [0.1, 0.15) is 33.8 Å². The summed E-state index contributed by atoms with van der Waals surface area (Å²) in [6.45, 7) is 1.13. The molecule has 3 aromatic rings. The molecule has 138 valence electrons. The minimum atomic E-state index is 0.00352. The summed E-state index contributed by atoms with van der Waals surface area (Å²) in [7, 11) is 0. The Morgan fingerprint density at radius 1 is 1.22 bits per heavy atom. The van der Waals surface area contributed by atoms with Crippen LogP contribution in [0.4, 0.5) is 0 Å². The molecule has 1 N–H and O–H groups in total. The molecule has 0 bridgehead atoms. The number of aromatic nitrogens is 2. The predicted molar refractivity (Wildman–Crippen MR) is 106 cm³/mol. The number of rotatable bonds is 5. The van der Waals surface area contributed by atoms with Gasteiger partial charge in [-0.05, 0) is 23.6 Å². The third kappa shape index (κ3) is 3.82. The SMILES string of the molecule is O=C(CCC(=O)N1CCc2[nH]nc(-c3cccc(Cl)c3)c2C1)c1cccs1. The van der Waals surface area contributed by atoms with E-state index in [1.54, 1.807) is 6.07 Å². The van der Waals surface area contributed by atoms with Crippen LogP contribution in [0.2, 0.25) is 5.02 Å². The number of nitrogens with zero attached hydrogens (tertiary/aromatic N) is 2. The third-order valence-corrected chi connectivity index (χ3v) is 5.89. The number of thiophene rings is 1. The summed E-state index contributed by atoms with van der Waals surface area (Å²) in [5.41, 5.74) is 3.85. The molecule has 0 aliphatic carbocycles. The molecular weight excluding hydrogens is 382 g/mol. The number of carbonyl (C=O) groups is 2. The summed E-state index contributed by atoms with van der Waals surface area (Å²) in [6.07, 6.45) is 1.21.